The predicted molar refractivity (Wildman–Crippen MR) is 74.0 cm³/mol. The quantitative estimate of drug-likeness (QED) is 0.528. The number of rotatable bonds is 7. The molecule has 0 heterocycles. The summed E-state index contributed by atoms with van der Waals surface area (Å²) < 4.78 is 0. The van der Waals surface area contributed by atoms with Crippen molar-refractivity contribution in [1.29, 1.82) is 0 Å². The van der Waals surface area contributed by atoms with Crippen molar-refractivity contribution in [2.24, 2.45) is 17.6 Å². The molecule has 2 aliphatic rings. The molecule has 0 spiro atoms. The molecule has 1 atom stereocenters. The number of hydrogen-bond acceptors (Lipinski definition) is 2. The highest BCUT2D eigenvalue weighted by Crippen LogP contribution is 2.33. The van der Waals surface area contributed by atoms with E-state index in [1.165, 1.54) is 70.8 Å². The molecule has 100 valence electrons. The molecule has 2 rings (SSSR count). The van der Waals surface area contributed by atoms with E-state index in [2.05, 4.69) is 5.32 Å². The number of nitrogens with one attached hydrogen (secondary N) is 1. The van der Waals surface area contributed by atoms with E-state index in [4.69, 9.17) is 5.73 Å². The van der Waals surface area contributed by atoms with Gasteiger partial charge in [-0.1, -0.05) is 38.5 Å². The van der Waals surface area contributed by atoms with Crippen molar-refractivity contribution in [2.75, 3.05) is 13.1 Å². The maximum atomic E-state index is 5.95. The molecule has 2 nitrogen and oxygen atoms in total. The van der Waals surface area contributed by atoms with Crippen molar-refractivity contribution in [3.8, 4) is 0 Å². The molecule has 0 aromatic carbocycles. The fourth-order valence-electron chi connectivity index (χ4n) is 3.24. The Morgan fingerprint density at radius 2 is 1.71 bits per heavy atom. The van der Waals surface area contributed by atoms with Crippen LogP contribution in [-0.4, -0.2) is 19.1 Å². The lowest BCUT2D eigenvalue weighted by Crippen LogP contribution is -2.42. The van der Waals surface area contributed by atoms with Crippen molar-refractivity contribution in [1.82, 2.24) is 5.32 Å². The molecular formula is C15H30N2. The van der Waals surface area contributed by atoms with Crippen molar-refractivity contribution in [3.63, 3.8) is 0 Å². The molecule has 0 bridgehead atoms. The fourth-order valence-corrected chi connectivity index (χ4v) is 3.24. The Labute approximate surface area is 107 Å². The smallest absolute Gasteiger partial charge is 0.0218 e. The zero-order valence-corrected chi connectivity index (χ0v) is 11.3. The summed E-state index contributed by atoms with van der Waals surface area (Å²) in [5, 5.41) is 3.73. The average Bonchev–Trinajstić information content (AvgIpc) is 3.16. The number of nitrogens with two attached hydrogens (primary N) is 1. The lowest BCUT2D eigenvalue weighted by atomic mass is 9.91. The normalized spacial score (nSPS) is 24.5. The minimum absolute atomic E-state index is 0.590. The maximum Gasteiger partial charge on any atom is 0.0218 e. The van der Waals surface area contributed by atoms with Crippen molar-refractivity contribution in [3.05, 3.63) is 0 Å². The second-order valence-corrected chi connectivity index (χ2v) is 6.13. The topological polar surface area (TPSA) is 38.0 Å². The third-order valence-electron chi connectivity index (χ3n) is 4.62. The Morgan fingerprint density at radius 3 is 2.29 bits per heavy atom. The summed E-state index contributed by atoms with van der Waals surface area (Å²) in [5.41, 5.74) is 5.95. The highest BCUT2D eigenvalue weighted by Gasteiger charge is 2.22. The minimum atomic E-state index is 0.590. The van der Waals surface area contributed by atoms with Gasteiger partial charge in [-0.15, -0.1) is 0 Å². The highest BCUT2D eigenvalue weighted by molar-refractivity contribution is 4.80. The van der Waals surface area contributed by atoms with Gasteiger partial charge >= 0.3 is 0 Å². The van der Waals surface area contributed by atoms with Crippen LogP contribution in [-0.2, 0) is 0 Å². The maximum absolute atomic E-state index is 5.95. The third kappa shape index (κ3) is 4.97. The van der Waals surface area contributed by atoms with Crippen LogP contribution in [0.2, 0.25) is 0 Å². The number of hydrogen-bond donors (Lipinski definition) is 2. The Hall–Kier alpha value is -0.0800. The molecular weight excluding hydrogens is 208 g/mol. The van der Waals surface area contributed by atoms with E-state index in [1.54, 1.807) is 0 Å². The second-order valence-electron chi connectivity index (χ2n) is 6.13. The van der Waals surface area contributed by atoms with E-state index >= 15 is 0 Å². The first-order valence-electron chi connectivity index (χ1n) is 7.83. The van der Waals surface area contributed by atoms with Crippen LogP contribution in [0.1, 0.15) is 64.2 Å². The van der Waals surface area contributed by atoms with Gasteiger partial charge < -0.3 is 11.1 Å². The molecule has 1 unspecified atom stereocenters. The van der Waals surface area contributed by atoms with Gasteiger partial charge in [-0.3, -0.25) is 0 Å². The molecule has 0 aliphatic heterocycles. The largest absolute Gasteiger partial charge is 0.329 e. The van der Waals surface area contributed by atoms with Gasteiger partial charge in [-0.2, -0.15) is 0 Å². The summed E-state index contributed by atoms with van der Waals surface area (Å²) in [4.78, 5) is 0. The summed E-state index contributed by atoms with van der Waals surface area (Å²) in [5.74, 6) is 1.93. The Bertz CT molecular complexity index is 193. The van der Waals surface area contributed by atoms with Crippen molar-refractivity contribution in [2.45, 2.75) is 70.3 Å². The fraction of sp³-hybridized carbons (Fsp3) is 1.00. The van der Waals surface area contributed by atoms with Crippen LogP contribution < -0.4 is 11.1 Å². The Balaban J connectivity index is 1.62. The summed E-state index contributed by atoms with van der Waals surface area (Å²) >= 11 is 0. The lowest BCUT2D eigenvalue weighted by Gasteiger charge is -2.26. The molecule has 3 N–H and O–H groups in total. The zero-order valence-electron chi connectivity index (χ0n) is 11.3. The molecule has 0 aromatic heterocycles. The SMILES string of the molecule is NCC(NCCCC1CC1)C1CCCCCC1. The first-order valence-corrected chi connectivity index (χ1v) is 7.83. The van der Waals surface area contributed by atoms with Crippen LogP contribution in [0.4, 0.5) is 0 Å². The van der Waals surface area contributed by atoms with Crippen LogP contribution in [0.15, 0.2) is 0 Å². The van der Waals surface area contributed by atoms with E-state index in [-0.39, 0.29) is 0 Å². The highest BCUT2D eigenvalue weighted by atomic mass is 14.9. The average molecular weight is 238 g/mol. The van der Waals surface area contributed by atoms with Gasteiger partial charge in [-0.25, -0.2) is 0 Å². The van der Waals surface area contributed by atoms with Crippen LogP contribution in [0.25, 0.3) is 0 Å². The van der Waals surface area contributed by atoms with Crippen molar-refractivity contribution >= 4 is 0 Å². The van der Waals surface area contributed by atoms with Gasteiger partial charge in [0, 0.05) is 12.6 Å². The van der Waals surface area contributed by atoms with E-state index < -0.39 is 0 Å². The van der Waals surface area contributed by atoms with Crippen LogP contribution in [0.5, 0.6) is 0 Å². The summed E-state index contributed by atoms with van der Waals surface area (Å²) in [6.45, 7) is 2.02. The monoisotopic (exact) mass is 238 g/mol. The lowest BCUT2D eigenvalue weighted by molar-refractivity contribution is 0.322. The third-order valence-corrected chi connectivity index (χ3v) is 4.62. The van der Waals surface area contributed by atoms with Gasteiger partial charge in [0.05, 0.1) is 0 Å². The van der Waals surface area contributed by atoms with E-state index in [9.17, 15) is 0 Å². The van der Waals surface area contributed by atoms with Crippen LogP contribution in [0, 0.1) is 11.8 Å². The Kier molecular flexibility index (Phi) is 5.79. The van der Waals surface area contributed by atoms with Gasteiger partial charge in [0.15, 0.2) is 0 Å². The molecule has 17 heavy (non-hydrogen) atoms. The molecule has 0 radical (unpaired) electrons. The standard InChI is InChI=1S/C15H30N2/c16-12-15(14-7-3-1-2-4-8-14)17-11-5-6-13-9-10-13/h13-15,17H,1-12,16H2. The Morgan fingerprint density at radius 1 is 1.00 bits per heavy atom. The molecule has 2 heteroatoms. The molecule has 2 saturated carbocycles. The molecule has 0 aromatic rings. The zero-order chi connectivity index (χ0) is 11.9. The first-order chi connectivity index (χ1) is 8.40. The molecule has 0 amide bonds. The summed E-state index contributed by atoms with van der Waals surface area (Å²) in [6, 6.07) is 0.590. The molecule has 0 saturated heterocycles. The van der Waals surface area contributed by atoms with Gasteiger partial charge in [0.2, 0.25) is 0 Å². The van der Waals surface area contributed by atoms with Crippen LogP contribution >= 0.6 is 0 Å². The summed E-state index contributed by atoms with van der Waals surface area (Å²) in [6.07, 6.45) is 14.3. The molecule has 2 aliphatic carbocycles. The van der Waals surface area contributed by atoms with E-state index in [1.807, 2.05) is 0 Å². The first kappa shape index (κ1) is 13.4. The predicted octanol–water partition coefficient (Wildman–Crippen LogP) is 3.06. The minimum Gasteiger partial charge on any atom is -0.329 e. The van der Waals surface area contributed by atoms with E-state index in [0.29, 0.717) is 6.04 Å². The second kappa shape index (κ2) is 7.38. The molecule has 2 fully saturated rings. The van der Waals surface area contributed by atoms with Gasteiger partial charge in [-0.05, 0) is 44.1 Å². The van der Waals surface area contributed by atoms with Gasteiger partial charge in [0.1, 0.15) is 0 Å². The van der Waals surface area contributed by atoms with Crippen molar-refractivity contribution < 1.29 is 0 Å². The van der Waals surface area contributed by atoms with E-state index in [0.717, 1.165) is 18.4 Å². The summed E-state index contributed by atoms with van der Waals surface area (Å²) in [7, 11) is 0. The van der Waals surface area contributed by atoms with Gasteiger partial charge in [0.25, 0.3) is 0 Å². The van der Waals surface area contributed by atoms with Crippen LogP contribution in [0.3, 0.4) is 0 Å².